The fourth-order valence-electron chi connectivity index (χ4n) is 3.00. The molecule has 4 nitrogen and oxygen atoms in total. The number of benzene rings is 1. The number of anilines is 1. The van der Waals surface area contributed by atoms with E-state index in [1.807, 2.05) is 11.0 Å². The molecule has 0 radical (unpaired) electrons. The van der Waals surface area contributed by atoms with Gasteiger partial charge in [0, 0.05) is 44.3 Å². The number of para-hydroxylation sites is 1. The molecule has 4 heteroatoms. The molecular weight excluding hydrogens is 238 g/mol. The predicted octanol–water partition coefficient (Wildman–Crippen LogP) is 1.04. The Balaban J connectivity index is 1.71. The summed E-state index contributed by atoms with van der Waals surface area (Å²) in [4.78, 5) is 16.7. The zero-order valence-electron chi connectivity index (χ0n) is 11.4. The summed E-state index contributed by atoms with van der Waals surface area (Å²) in [6.07, 6.45) is 0. The lowest BCUT2D eigenvalue weighted by molar-refractivity contribution is -0.119. The first kappa shape index (κ1) is 12.6. The van der Waals surface area contributed by atoms with Gasteiger partial charge in [0.05, 0.1) is 6.54 Å². The first-order valence-corrected chi connectivity index (χ1v) is 7.08. The normalized spacial score (nSPS) is 23.4. The summed E-state index contributed by atoms with van der Waals surface area (Å²) < 4.78 is 0. The number of rotatable bonds is 2. The Hall–Kier alpha value is -1.39. The van der Waals surface area contributed by atoms with Crippen LogP contribution >= 0.6 is 0 Å². The standard InChI is InChI=1S/C15H21N3O/c1-12-10-18(14-5-3-2-4-13(12)14)15(19)11-17-8-6-16-7-9-17/h2-5,12,16H,6-11H2,1H3. The van der Waals surface area contributed by atoms with E-state index in [0.29, 0.717) is 12.5 Å². The zero-order chi connectivity index (χ0) is 13.2. The van der Waals surface area contributed by atoms with Crippen LogP contribution in [0.4, 0.5) is 5.69 Å². The second-order valence-corrected chi connectivity index (χ2v) is 5.49. The molecule has 2 aliphatic heterocycles. The van der Waals surface area contributed by atoms with Crippen molar-refractivity contribution in [2.75, 3.05) is 44.2 Å². The van der Waals surface area contributed by atoms with E-state index in [1.165, 1.54) is 5.56 Å². The summed E-state index contributed by atoms with van der Waals surface area (Å²) in [7, 11) is 0. The SMILES string of the molecule is CC1CN(C(=O)CN2CCNCC2)c2ccccc21. The lowest BCUT2D eigenvalue weighted by Crippen LogP contribution is -2.48. The molecule has 0 aliphatic carbocycles. The highest BCUT2D eigenvalue weighted by Crippen LogP contribution is 2.35. The first-order chi connectivity index (χ1) is 9.25. The van der Waals surface area contributed by atoms with Gasteiger partial charge in [-0.25, -0.2) is 0 Å². The molecule has 1 amide bonds. The summed E-state index contributed by atoms with van der Waals surface area (Å²) in [5.74, 6) is 0.682. The van der Waals surface area contributed by atoms with Crippen LogP contribution in [0.1, 0.15) is 18.4 Å². The van der Waals surface area contributed by atoms with Gasteiger partial charge >= 0.3 is 0 Å². The molecule has 2 aliphatic rings. The molecule has 1 N–H and O–H groups in total. The largest absolute Gasteiger partial charge is 0.314 e. The molecule has 2 heterocycles. The van der Waals surface area contributed by atoms with Crippen molar-refractivity contribution >= 4 is 11.6 Å². The van der Waals surface area contributed by atoms with Crippen LogP contribution in [0.5, 0.6) is 0 Å². The fraction of sp³-hybridized carbons (Fsp3) is 0.533. The number of carbonyl (C=O) groups is 1. The van der Waals surface area contributed by atoms with Crippen LogP contribution in [-0.4, -0.2) is 50.1 Å². The molecule has 3 rings (SSSR count). The van der Waals surface area contributed by atoms with E-state index >= 15 is 0 Å². The lowest BCUT2D eigenvalue weighted by Gasteiger charge is -2.28. The van der Waals surface area contributed by atoms with E-state index in [0.717, 1.165) is 38.4 Å². The minimum absolute atomic E-state index is 0.235. The third-order valence-corrected chi connectivity index (χ3v) is 4.08. The van der Waals surface area contributed by atoms with Gasteiger partial charge in [0.2, 0.25) is 5.91 Å². The van der Waals surface area contributed by atoms with Crippen molar-refractivity contribution in [3.63, 3.8) is 0 Å². The van der Waals surface area contributed by atoms with Gasteiger partial charge in [-0.2, -0.15) is 0 Å². The summed E-state index contributed by atoms with van der Waals surface area (Å²) >= 11 is 0. The molecule has 1 aromatic rings. The first-order valence-electron chi connectivity index (χ1n) is 7.08. The fourth-order valence-corrected chi connectivity index (χ4v) is 3.00. The van der Waals surface area contributed by atoms with E-state index in [9.17, 15) is 4.79 Å². The number of nitrogens with zero attached hydrogens (tertiary/aromatic N) is 2. The maximum Gasteiger partial charge on any atom is 0.241 e. The number of carbonyl (C=O) groups excluding carboxylic acids is 1. The molecule has 1 aromatic carbocycles. The van der Waals surface area contributed by atoms with Crippen LogP contribution in [0.15, 0.2) is 24.3 Å². The third-order valence-electron chi connectivity index (χ3n) is 4.08. The van der Waals surface area contributed by atoms with E-state index in [-0.39, 0.29) is 5.91 Å². The topological polar surface area (TPSA) is 35.6 Å². The van der Waals surface area contributed by atoms with Crippen LogP contribution in [0.3, 0.4) is 0 Å². The summed E-state index contributed by atoms with van der Waals surface area (Å²) in [6, 6.07) is 8.27. The zero-order valence-corrected chi connectivity index (χ0v) is 11.4. The van der Waals surface area contributed by atoms with Crippen molar-refractivity contribution in [2.45, 2.75) is 12.8 Å². The quantitative estimate of drug-likeness (QED) is 0.862. The molecule has 102 valence electrons. The molecule has 0 saturated carbocycles. The van der Waals surface area contributed by atoms with Gasteiger partial charge in [0.1, 0.15) is 0 Å². The van der Waals surface area contributed by atoms with Crippen molar-refractivity contribution in [3.8, 4) is 0 Å². The Morgan fingerprint density at radius 3 is 2.84 bits per heavy atom. The molecule has 0 aromatic heterocycles. The summed E-state index contributed by atoms with van der Waals surface area (Å²) in [6.45, 7) is 7.47. The van der Waals surface area contributed by atoms with Gasteiger partial charge in [-0.1, -0.05) is 25.1 Å². The average Bonchev–Trinajstić information content (AvgIpc) is 2.78. The third kappa shape index (κ3) is 2.51. The second kappa shape index (κ2) is 5.31. The highest BCUT2D eigenvalue weighted by atomic mass is 16.2. The van der Waals surface area contributed by atoms with Crippen LogP contribution in [-0.2, 0) is 4.79 Å². The van der Waals surface area contributed by atoms with Gasteiger partial charge in [0.15, 0.2) is 0 Å². The van der Waals surface area contributed by atoms with E-state index in [1.54, 1.807) is 0 Å². The van der Waals surface area contributed by atoms with Crippen molar-refractivity contribution in [1.29, 1.82) is 0 Å². The van der Waals surface area contributed by atoms with E-state index < -0.39 is 0 Å². The number of nitrogens with one attached hydrogen (secondary N) is 1. The van der Waals surface area contributed by atoms with E-state index in [2.05, 4.69) is 35.3 Å². The Morgan fingerprint density at radius 2 is 2.05 bits per heavy atom. The molecule has 1 unspecified atom stereocenters. The molecule has 0 spiro atoms. The van der Waals surface area contributed by atoms with Crippen LogP contribution in [0.2, 0.25) is 0 Å². The van der Waals surface area contributed by atoms with Gasteiger partial charge in [0.25, 0.3) is 0 Å². The Labute approximate surface area is 114 Å². The lowest BCUT2D eigenvalue weighted by atomic mass is 10.0. The van der Waals surface area contributed by atoms with Crippen LogP contribution < -0.4 is 10.2 Å². The monoisotopic (exact) mass is 259 g/mol. The second-order valence-electron chi connectivity index (χ2n) is 5.49. The van der Waals surface area contributed by atoms with Crippen molar-refractivity contribution in [2.24, 2.45) is 0 Å². The predicted molar refractivity (Wildman–Crippen MR) is 76.5 cm³/mol. The number of hydrogen-bond acceptors (Lipinski definition) is 3. The molecule has 1 atom stereocenters. The minimum atomic E-state index is 0.235. The maximum absolute atomic E-state index is 12.5. The summed E-state index contributed by atoms with van der Waals surface area (Å²) in [5, 5.41) is 3.31. The van der Waals surface area contributed by atoms with Crippen molar-refractivity contribution in [3.05, 3.63) is 29.8 Å². The maximum atomic E-state index is 12.5. The number of fused-ring (bicyclic) bond motifs is 1. The molecular formula is C15H21N3O. The number of amides is 1. The van der Waals surface area contributed by atoms with E-state index in [4.69, 9.17) is 0 Å². The Bertz CT molecular complexity index is 468. The Morgan fingerprint density at radius 1 is 1.32 bits per heavy atom. The highest BCUT2D eigenvalue weighted by molar-refractivity contribution is 5.97. The van der Waals surface area contributed by atoms with Gasteiger partial charge in [-0.05, 0) is 11.6 Å². The summed E-state index contributed by atoms with van der Waals surface area (Å²) in [5.41, 5.74) is 2.41. The molecule has 1 fully saturated rings. The number of piperazine rings is 1. The van der Waals surface area contributed by atoms with Crippen molar-refractivity contribution < 1.29 is 4.79 Å². The highest BCUT2D eigenvalue weighted by Gasteiger charge is 2.30. The smallest absolute Gasteiger partial charge is 0.241 e. The van der Waals surface area contributed by atoms with Gasteiger partial charge in [-0.3, -0.25) is 9.69 Å². The average molecular weight is 259 g/mol. The minimum Gasteiger partial charge on any atom is -0.314 e. The number of hydrogen-bond donors (Lipinski definition) is 1. The van der Waals surface area contributed by atoms with Gasteiger partial charge in [-0.15, -0.1) is 0 Å². The van der Waals surface area contributed by atoms with Crippen LogP contribution in [0, 0.1) is 0 Å². The molecule has 0 bridgehead atoms. The van der Waals surface area contributed by atoms with Gasteiger partial charge < -0.3 is 10.2 Å². The van der Waals surface area contributed by atoms with Crippen molar-refractivity contribution in [1.82, 2.24) is 10.2 Å². The van der Waals surface area contributed by atoms with Crippen LogP contribution in [0.25, 0.3) is 0 Å². The molecule has 1 saturated heterocycles. The molecule has 19 heavy (non-hydrogen) atoms. The Kier molecular flexibility index (Phi) is 3.53.